The van der Waals surface area contributed by atoms with E-state index >= 15 is 0 Å². The van der Waals surface area contributed by atoms with Gasteiger partial charge in [-0.3, -0.25) is 4.79 Å². The van der Waals surface area contributed by atoms with Crippen molar-refractivity contribution < 1.29 is 15.0 Å². The lowest BCUT2D eigenvalue weighted by atomic mass is 11.7. The molecular weight excluding hydrogens is 155 g/mol. The first-order valence-electron chi connectivity index (χ1n) is 1.48. The van der Waals surface area contributed by atoms with Crippen LogP contribution in [0.25, 0.3) is 0 Å². The minimum atomic E-state index is -0.250. The molecule has 0 radical (unpaired) electrons. The maximum Gasteiger partial charge on any atom is 0.290 e. The first-order chi connectivity index (χ1) is 3.83. The van der Waals surface area contributed by atoms with Crippen LogP contribution in [0.2, 0.25) is 0 Å². The second kappa shape index (κ2) is 62.7. The second-order valence-corrected chi connectivity index (χ2v) is 1.01. The number of hydrogen-bond acceptors (Lipinski definition) is 2. The van der Waals surface area contributed by atoms with Gasteiger partial charge in [0.15, 0.2) is 0 Å². The molecule has 0 spiro atoms. The number of aliphatic hydroxyl groups is 1. The molecule has 0 aromatic rings. The first kappa shape index (κ1) is 15.7. The van der Waals surface area contributed by atoms with Crippen molar-refractivity contribution in [3.05, 3.63) is 0 Å². The van der Waals surface area contributed by atoms with Gasteiger partial charge in [0.05, 0.1) is 5.34 Å². The summed E-state index contributed by atoms with van der Waals surface area (Å²) in [5.74, 6) is 0. The number of rotatable bonds is 0. The van der Waals surface area contributed by atoms with Crippen LogP contribution in [0.1, 0.15) is 0 Å². The number of hydrogen-bond donors (Lipinski definition) is 2. The van der Waals surface area contributed by atoms with Crippen LogP contribution in [-0.2, 0) is 4.79 Å². The van der Waals surface area contributed by atoms with Crippen LogP contribution in [0.5, 0.6) is 0 Å². The van der Waals surface area contributed by atoms with Gasteiger partial charge in [0.1, 0.15) is 0 Å². The zero-order valence-electron chi connectivity index (χ0n) is 4.34. The van der Waals surface area contributed by atoms with E-state index in [1.54, 1.807) is 0 Å². The highest BCUT2D eigenvalue weighted by Crippen LogP contribution is 1.73. The van der Waals surface area contributed by atoms with E-state index in [0.29, 0.717) is 0 Å². The minimum absolute atomic E-state index is 0.194. The standard InChI is InChI=1S/CH2Cl2.CH2O2.CH4O/c2*2-1-3;1-2/h1H2;1H,(H,2,3);2H,1H3. The van der Waals surface area contributed by atoms with E-state index in [-0.39, 0.29) is 11.8 Å². The normalized spacial score (nSPS) is 4.50. The molecule has 2 N–H and O–H groups in total. The van der Waals surface area contributed by atoms with E-state index < -0.39 is 0 Å². The molecule has 0 aromatic heterocycles. The maximum atomic E-state index is 8.36. The summed E-state index contributed by atoms with van der Waals surface area (Å²) in [6.45, 7) is -0.250. The summed E-state index contributed by atoms with van der Waals surface area (Å²) in [4.78, 5) is 8.36. The summed E-state index contributed by atoms with van der Waals surface area (Å²) in [7, 11) is 1.00. The van der Waals surface area contributed by atoms with Crippen molar-refractivity contribution in [3.63, 3.8) is 0 Å². The van der Waals surface area contributed by atoms with E-state index in [4.69, 9.17) is 38.2 Å². The number of carboxylic acid groups (broad SMARTS) is 1. The summed E-state index contributed by atoms with van der Waals surface area (Å²) in [5, 5.41) is 14.1. The molecule has 52 valence electrons. The Balaban J connectivity index is -0.0000000483. The fourth-order valence-corrected chi connectivity index (χ4v) is 0. The monoisotopic (exact) mass is 162 g/mol. The predicted octanol–water partition coefficient (Wildman–Crippen LogP) is 0.731. The largest absolute Gasteiger partial charge is 0.483 e. The van der Waals surface area contributed by atoms with Gasteiger partial charge in [-0.1, -0.05) is 0 Å². The first-order valence-corrected chi connectivity index (χ1v) is 2.54. The lowest BCUT2D eigenvalue weighted by Gasteiger charge is -1.42. The van der Waals surface area contributed by atoms with Crippen molar-refractivity contribution in [1.29, 1.82) is 0 Å². The van der Waals surface area contributed by atoms with Crippen LogP contribution in [0.3, 0.4) is 0 Å². The van der Waals surface area contributed by atoms with Crippen molar-refractivity contribution in [3.8, 4) is 0 Å². The molecular formula is C3H8Cl2O3. The molecule has 3 nitrogen and oxygen atoms in total. The molecule has 0 heterocycles. The van der Waals surface area contributed by atoms with Gasteiger partial charge in [0.2, 0.25) is 0 Å². The summed E-state index contributed by atoms with van der Waals surface area (Å²) < 4.78 is 0. The fourth-order valence-electron chi connectivity index (χ4n) is 0. The average molecular weight is 163 g/mol. The number of alkyl halides is 2. The average Bonchev–Trinajstić information content (AvgIpc) is 1.75. The molecule has 0 aromatic carbocycles. The lowest BCUT2D eigenvalue weighted by Crippen LogP contribution is -1.49. The second-order valence-electron chi connectivity index (χ2n) is 0.206. The summed E-state index contributed by atoms with van der Waals surface area (Å²) >= 11 is 9.53. The summed E-state index contributed by atoms with van der Waals surface area (Å²) in [5.41, 5.74) is 0. The zero-order valence-corrected chi connectivity index (χ0v) is 5.85. The van der Waals surface area contributed by atoms with E-state index in [1.807, 2.05) is 0 Å². The fraction of sp³-hybridized carbons (Fsp3) is 0.667. The topological polar surface area (TPSA) is 57.5 Å². The Kier molecular flexibility index (Phi) is 123. The summed E-state index contributed by atoms with van der Waals surface area (Å²) in [6.07, 6.45) is 0. The molecule has 0 bridgehead atoms. The molecule has 0 aliphatic rings. The third-order valence-corrected chi connectivity index (χ3v) is 0. The molecule has 0 rings (SSSR count). The van der Waals surface area contributed by atoms with E-state index in [2.05, 4.69) is 0 Å². The highest BCUT2D eigenvalue weighted by Gasteiger charge is 1.41. The molecule has 0 saturated carbocycles. The SMILES string of the molecule is CO.ClCCl.O=CO. The lowest BCUT2D eigenvalue weighted by molar-refractivity contribution is -0.122. The van der Waals surface area contributed by atoms with E-state index in [9.17, 15) is 0 Å². The Morgan fingerprint density at radius 1 is 1.50 bits per heavy atom. The van der Waals surface area contributed by atoms with Gasteiger partial charge in [-0.2, -0.15) is 0 Å². The van der Waals surface area contributed by atoms with Crippen LogP contribution in [0.15, 0.2) is 0 Å². The molecule has 5 heteroatoms. The van der Waals surface area contributed by atoms with Gasteiger partial charge < -0.3 is 10.2 Å². The molecule has 0 saturated heterocycles. The Labute approximate surface area is 57.8 Å². The predicted molar refractivity (Wildman–Crippen MR) is 33.4 cm³/mol. The van der Waals surface area contributed by atoms with Gasteiger partial charge in [0, 0.05) is 7.11 Å². The number of aliphatic hydroxyl groups excluding tert-OH is 1. The molecule has 8 heavy (non-hydrogen) atoms. The Hall–Kier alpha value is 0.01000. The van der Waals surface area contributed by atoms with Crippen LogP contribution >= 0.6 is 23.2 Å². The zero-order chi connectivity index (χ0) is 7.41. The van der Waals surface area contributed by atoms with E-state index in [1.165, 1.54) is 0 Å². The van der Waals surface area contributed by atoms with Crippen LogP contribution in [-0.4, -0.2) is 29.1 Å². The van der Waals surface area contributed by atoms with Crippen LogP contribution in [0.4, 0.5) is 0 Å². The van der Waals surface area contributed by atoms with Gasteiger partial charge in [0.25, 0.3) is 6.47 Å². The Morgan fingerprint density at radius 3 is 1.50 bits per heavy atom. The third-order valence-electron chi connectivity index (χ3n) is 0. The number of halogens is 2. The Bertz CT molecular complexity index is 26.5. The van der Waals surface area contributed by atoms with E-state index in [0.717, 1.165) is 7.11 Å². The van der Waals surface area contributed by atoms with Crippen molar-refractivity contribution in [1.82, 2.24) is 0 Å². The van der Waals surface area contributed by atoms with Crippen LogP contribution in [0, 0.1) is 0 Å². The van der Waals surface area contributed by atoms with Crippen molar-refractivity contribution >= 4 is 29.7 Å². The molecule has 0 amide bonds. The smallest absolute Gasteiger partial charge is 0.290 e. The number of carbonyl (C=O) groups is 1. The molecule has 0 aliphatic heterocycles. The quantitative estimate of drug-likeness (QED) is 0.408. The van der Waals surface area contributed by atoms with Crippen molar-refractivity contribution in [2.75, 3.05) is 12.4 Å². The van der Waals surface area contributed by atoms with Crippen molar-refractivity contribution in [2.45, 2.75) is 0 Å². The molecule has 0 aliphatic carbocycles. The van der Waals surface area contributed by atoms with Gasteiger partial charge in [-0.05, 0) is 0 Å². The van der Waals surface area contributed by atoms with Crippen molar-refractivity contribution in [2.24, 2.45) is 0 Å². The summed E-state index contributed by atoms with van der Waals surface area (Å²) in [6, 6.07) is 0. The molecule has 0 atom stereocenters. The van der Waals surface area contributed by atoms with Gasteiger partial charge in [-0.25, -0.2) is 0 Å². The Morgan fingerprint density at radius 2 is 1.50 bits per heavy atom. The minimum Gasteiger partial charge on any atom is -0.483 e. The third kappa shape index (κ3) is 1510000. The molecule has 0 unspecified atom stereocenters. The highest BCUT2D eigenvalue weighted by molar-refractivity contribution is 6.40. The van der Waals surface area contributed by atoms with Crippen LogP contribution < -0.4 is 0 Å². The maximum absolute atomic E-state index is 8.36. The van der Waals surface area contributed by atoms with Gasteiger partial charge in [-0.15, -0.1) is 23.2 Å². The molecule has 0 fully saturated rings. The van der Waals surface area contributed by atoms with Gasteiger partial charge >= 0.3 is 0 Å². The highest BCUT2D eigenvalue weighted by atomic mass is 35.5.